The lowest BCUT2D eigenvalue weighted by molar-refractivity contribution is -0.120. The summed E-state index contributed by atoms with van der Waals surface area (Å²) in [7, 11) is 3.74. The number of carbonyl (C=O) groups is 1. The number of nitrogens with zero attached hydrogens (tertiary/aromatic N) is 2. The first kappa shape index (κ1) is 17.0. The minimum absolute atomic E-state index is 0.0746. The van der Waals surface area contributed by atoms with Crippen LogP contribution in [0.4, 0.5) is 0 Å². The van der Waals surface area contributed by atoms with E-state index < -0.39 is 0 Å². The SMILES string of the molecule is CCCNC(=O)CCNC(=NC)N(C)Cc1ccccc1. The normalized spacial score (nSPS) is 11.1. The van der Waals surface area contributed by atoms with Crippen molar-refractivity contribution in [2.45, 2.75) is 26.3 Å². The topological polar surface area (TPSA) is 56.7 Å². The van der Waals surface area contributed by atoms with Gasteiger partial charge in [0.25, 0.3) is 0 Å². The Kier molecular flexibility index (Phi) is 7.94. The smallest absolute Gasteiger partial charge is 0.221 e. The molecule has 0 fully saturated rings. The standard InChI is InChI=1S/C16H26N4O/c1-4-11-18-15(21)10-12-19-16(17-2)20(3)13-14-8-6-5-7-9-14/h5-9H,4,10-13H2,1-3H3,(H,17,19)(H,18,21). The van der Waals surface area contributed by atoms with E-state index in [4.69, 9.17) is 0 Å². The molecule has 2 N–H and O–H groups in total. The molecule has 1 amide bonds. The van der Waals surface area contributed by atoms with Crippen LogP contribution in [0.15, 0.2) is 35.3 Å². The van der Waals surface area contributed by atoms with Crippen LogP contribution in [-0.4, -0.2) is 44.0 Å². The molecule has 0 aliphatic carbocycles. The molecule has 0 saturated carbocycles. The van der Waals surface area contributed by atoms with Crippen molar-refractivity contribution < 1.29 is 4.79 Å². The Morgan fingerprint density at radius 2 is 1.90 bits per heavy atom. The molecular weight excluding hydrogens is 264 g/mol. The zero-order valence-corrected chi connectivity index (χ0v) is 13.2. The van der Waals surface area contributed by atoms with Gasteiger partial charge in [-0.05, 0) is 12.0 Å². The highest BCUT2D eigenvalue weighted by molar-refractivity contribution is 5.81. The first-order valence-electron chi connectivity index (χ1n) is 7.39. The van der Waals surface area contributed by atoms with E-state index in [0.717, 1.165) is 25.5 Å². The number of guanidine groups is 1. The van der Waals surface area contributed by atoms with Gasteiger partial charge in [-0.2, -0.15) is 0 Å². The Balaban J connectivity index is 2.36. The van der Waals surface area contributed by atoms with Crippen LogP contribution < -0.4 is 10.6 Å². The fourth-order valence-corrected chi connectivity index (χ4v) is 1.96. The predicted molar refractivity (Wildman–Crippen MR) is 87.2 cm³/mol. The molecule has 0 saturated heterocycles. The van der Waals surface area contributed by atoms with E-state index in [9.17, 15) is 4.79 Å². The molecule has 0 bridgehead atoms. The molecule has 5 heteroatoms. The van der Waals surface area contributed by atoms with Crippen molar-refractivity contribution in [3.8, 4) is 0 Å². The average Bonchev–Trinajstić information content (AvgIpc) is 2.50. The number of aliphatic imine (C=N–C) groups is 1. The fourth-order valence-electron chi connectivity index (χ4n) is 1.96. The number of benzene rings is 1. The van der Waals surface area contributed by atoms with Gasteiger partial charge >= 0.3 is 0 Å². The van der Waals surface area contributed by atoms with E-state index in [-0.39, 0.29) is 5.91 Å². The summed E-state index contributed by atoms with van der Waals surface area (Å²) in [6.45, 7) is 4.14. The van der Waals surface area contributed by atoms with Gasteiger partial charge in [-0.1, -0.05) is 37.3 Å². The van der Waals surface area contributed by atoms with Crippen LogP contribution in [0, 0.1) is 0 Å². The molecule has 0 heterocycles. The second-order valence-electron chi connectivity index (χ2n) is 4.92. The highest BCUT2D eigenvalue weighted by atomic mass is 16.1. The largest absolute Gasteiger partial charge is 0.356 e. The molecule has 0 atom stereocenters. The van der Waals surface area contributed by atoms with Crippen molar-refractivity contribution in [1.82, 2.24) is 15.5 Å². The molecule has 1 aromatic carbocycles. The van der Waals surface area contributed by atoms with Crippen LogP contribution in [0.5, 0.6) is 0 Å². The third kappa shape index (κ3) is 6.79. The molecule has 0 radical (unpaired) electrons. The van der Waals surface area contributed by atoms with E-state index in [1.165, 1.54) is 5.56 Å². The molecule has 0 unspecified atom stereocenters. The van der Waals surface area contributed by atoms with Crippen LogP contribution in [0.2, 0.25) is 0 Å². The van der Waals surface area contributed by atoms with Crippen LogP contribution >= 0.6 is 0 Å². The van der Waals surface area contributed by atoms with Crippen molar-refractivity contribution in [3.63, 3.8) is 0 Å². The Morgan fingerprint density at radius 3 is 2.52 bits per heavy atom. The second-order valence-corrected chi connectivity index (χ2v) is 4.92. The van der Waals surface area contributed by atoms with Gasteiger partial charge in [-0.25, -0.2) is 0 Å². The predicted octanol–water partition coefficient (Wildman–Crippen LogP) is 1.61. The molecule has 0 aromatic heterocycles. The Labute approximate surface area is 127 Å². The number of carbonyl (C=O) groups excluding carboxylic acids is 1. The Bertz CT molecular complexity index is 445. The quantitative estimate of drug-likeness (QED) is 0.592. The van der Waals surface area contributed by atoms with Crippen molar-refractivity contribution in [2.75, 3.05) is 27.2 Å². The zero-order valence-electron chi connectivity index (χ0n) is 13.2. The van der Waals surface area contributed by atoms with Crippen molar-refractivity contribution >= 4 is 11.9 Å². The first-order valence-corrected chi connectivity index (χ1v) is 7.39. The van der Waals surface area contributed by atoms with E-state index >= 15 is 0 Å². The average molecular weight is 290 g/mol. The monoisotopic (exact) mass is 290 g/mol. The molecule has 1 aromatic rings. The van der Waals surface area contributed by atoms with Crippen LogP contribution in [0.3, 0.4) is 0 Å². The molecular formula is C16H26N4O. The third-order valence-electron chi connectivity index (χ3n) is 3.04. The lowest BCUT2D eigenvalue weighted by Gasteiger charge is -2.22. The van der Waals surface area contributed by atoms with Gasteiger partial charge < -0.3 is 15.5 Å². The van der Waals surface area contributed by atoms with Gasteiger partial charge in [-0.3, -0.25) is 9.79 Å². The van der Waals surface area contributed by atoms with Gasteiger partial charge in [0.05, 0.1) is 0 Å². The maximum atomic E-state index is 11.5. The highest BCUT2D eigenvalue weighted by Gasteiger charge is 2.07. The lowest BCUT2D eigenvalue weighted by atomic mass is 10.2. The van der Waals surface area contributed by atoms with Gasteiger partial charge in [0.1, 0.15) is 0 Å². The summed E-state index contributed by atoms with van der Waals surface area (Å²) in [4.78, 5) is 17.8. The molecule has 116 valence electrons. The molecule has 0 spiro atoms. The van der Waals surface area contributed by atoms with E-state index in [0.29, 0.717) is 13.0 Å². The van der Waals surface area contributed by atoms with Crippen LogP contribution in [0.25, 0.3) is 0 Å². The first-order chi connectivity index (χ1) is 10.2. The number of hydrogen-bond donors (Lipinski definition) is 2. The summed E-state index contributed by atoms with van der Waals surface area (Å²) < 4.78 is 0. The third-order valence-corrected chi connectivity index (χ3v) is 3.04. The van der Waals surface area contributed by atoms with Gasteiger partial charge in [0.15, 0.2) is 5.96 Å². The highest BCUT2D eigenvalue weighted by Crippen LogP contribution is 2.02. The number of rotatable bonds is 7. The van der Waals surface area contributed by atoms with Crippen LogP contribution in [0.1, 0.15) is 25.3 Å². The second kappa shape index (κ2) is 9.80. The van der Waals surface area contributed by atoms with E-state index in [2.05, 4.69) is 27.8 Å². The summed E-state index contributed by atoms with van der Waals surface area (Å²) in [5.74, 6) is 0.868. The van der Waals surface area contributed by atoms with Gasteiger partial charge in [-0.15, -0.1) is 0 Å². The summed E-state index contributed by atoms with van der Waals surface area (Å²) in [6.07, 6.45) is 1.42. The van der Waals surface area contributed by atoms with E-state index in [1.54, 1.807) is 7.05 Å². The maximum absolute atomic E-state index is 11.5. The van der Waals surface area contributed by atoms with Gasteiger partial charge in [0.2, 0.25) is 5.91 Å². The minimum Gasteiger partial charge on any atom is -0.356 e. The number of hydrogen-bond acceptors (Lipinski definition) is 2. The van der Waals surface area contributed by atoms with Gasteiger partial charge in [0, 0.05) is 40.2 Å². The fraction of sp³-hybridized carbons (Fsp3) is 0.500. The Hall–Kier alpha value is -2.04. The molecule has 0 aliphatic heterocycles. The summed E-state index contributed by atoms with van der Waals surface area (Å²) in [5.41, 5.74) is 1.23. The van der Waals surface area contributed by atoms with E-state index in [1.807, 2.05) is 37.1 Å². The number of nitrogens with one attached hydrogen (secondary N) is 2. The maximum Gasteiger partial charge on any atom is 0.221 e. The summed E-state index contributed by atoms with van der Waals surface area (Å²) in [5, 5.41) is 6.07. The lowest BCUT2D eigenvalue weighted by Crippen LogP contribution is -2.40. The Morgan fingerprint density at radius 1 is 1.19 bits per heavy atom. The minimum atomic E-state index is 0.0746. The molecule has 1 rings (SSSR count). The summed E-state index contributed by atoms with van der Waals surface area (Å²) >= 11 is 0. The molecule has 0 aliphatic rings. The molecule has 5 nitrogen and oxygen atoms in total. The number of amides is 1. The zero-order chi connectivity index (χ0) is 15.5. The van der Waals surface area contributed by atoms with Crippen LogP contribution in [-0.2, 0) is 11.3 Å². The molecule has 21 heavy (non-hydrogen) atoms. The summed E-state index contributed by atoms with van der Waals surface area (Å²) in [6, 6.07) is 10.2. The van der Waals surface area contributed by atoms with Crippen molar-refractivity contribution in [2.24, 2.45) is 4.99 Å². The van der Waals surface area contributed by atoms with Crippen molar-refractivity contribution in [3.05, 3.63) is 35.9 Å². The van der Waals surface area contributed by atoms with Crippen molar-refractivity contribution in [1.29, 1.82) is 0 Å².